The predicted molar refractivity (Wildman–Crippen MR) is 129 cm³/mol. The van der Waals surface area contributed by atoms with Crippen LogP contribution < -0.4 is 10.1 Å². The molecule has 2 amide bonds. The maximum atomic E-state index is 12.9. The van der Waals surface area contributed by atoms with E-state index in [1.807, 2.05) is 64.2 Å². The molecule has 1 aromatic heterocycles. The number of hydrogen-bond donors (Lipinski definition) is 1. The summed E-state index contributed by atoms with van der Waals surface area (Å²) in [6, 6.07) is 15.4. The van der Waals surface area contributed by atoms with Crippen LogP contribution in [-0.4, -0.2) is 47.2 Å². The monoisotopic (exact) mass is 451 g/mol. The minimum atomic E-state index is -0.100. The molecule has 1 N–H and O–H groups in total. The van der Waals surface area contributed by atoms with Crippen LogP contribution in [0.15, 0.2) is 59.6 Å². The third-order valence-corrected chi connectivity index (χ3v) is 6.80. The molecule has 0 bridgehead atoms. The molecule has 32 heavy (non-hydrogen) atoms. The van der Waals surface area contributed by atoms with Crippen LogP contribution in [0, 0.1) is 0 Å². The largest absolute Gasteiger partial charge is 0.495 e. The van der Waals surface area contributed by atoms with E-state index in [9.17, 15) is 9.59 Å². The van der Waals surface area contributed by atoms with Crippen molar-refractivity contribution in [3.63, 3.8) is 0 Å². The first kappa shape index (κ1) is 22.3. The standard InChI is InChI=1S/C25H29N3O3S/c1-31-22-13-7-5-11-20(22)26-24(29)18-32-23-16-28(21-12-6-4-10-19(21)23)17-25(30)27-14-8-2-3-9-15-27/h4-7,10-13,16H,2-3,8-9,14-15,17-18H2,1H3,(H,26,29). The van der Waals surface area contributed by atoms with Crippen molar-refractivity contribution >= 4 is 40.2 Å². The Labute approximate surface area is 192 Å². The van der Waals surface area contributed by atoms with Crippen molar-refractivity contribution in [1.82, 2.24) is 9.47 Å². The number of likely N-dealkylation sites (tertiary alicyclic amines) is 1. The second-order valence-corrected chi connectivity index (χ2v) is 8.99. The number of methoxy groups -OCH3 is 1. The van der Waals surface area contributed by atoms with E-state index in [1.165, 1.54) is 24.6 Å². The van der Waals surface area contributed by atoms with Gasteiger partial charge < -0.3 is 19.5 Å². The number of para-hydroxylation sites is 3. The SMILES string of the molecule is COc1ccccc1NC(=O)CSc1cn(CC(=O)N2CCCCCC2)c2ccccc12. The van der Waals surface area contributed by atoms with Gasteiger partial charge >= 0.3 is 0 Å². The number of thioether (sulfide) groups is 1. The molecule has 0 radical (unpaired) electrons. The molecule has 1 saturated heterocycles. The summed E-state index contributed by atoms with van der Waals surface area (Å²) in [4.78, 5) is 28.5. The first-order valence-electron chi connectivity index (χ1n) is 11.1. The number of carbonyl (C=O) groups excluding carboxylic acids is 2. The highest BCUT2D eigenvalue weighted by atomic mass is 32.2. The van der Waals surface area contributed by atoms with E-state index in [0.717, 1.165) is 41.7 Å². The van der Waals surface area contributed by atoms with Gasteiger partial charge in [0.05, 0.1) is 18.6 Å². The average molecular weight is 452 g/mol. The van der Waals surface area contributed by atoms with Crippen LogP contribution in [0.2, 0.25) is 0 Å². The van der Waals surface area contributed by atoms with E-state index in [0.29, 0.717) is 18.0 Å². The summed E-state index contributed by atoms with van der Waals surface area (Å²) in [5, 5.41) is 3.98. The van der Waals surface area contributed by atoms with Gasteiger partial charge in [-0.3, -0.25) is 9.59 Å². The lowest BCUT2D eigenvalue weighted by atomic mass is 10.2. The maximum absolute atomic E-state index is 12.9. The number of benzene rings is 2. The number of hydrogen-bond acceptors (Lipinski definition) is 4. The summed E-state index contributed by atoms with van der Waals surface area (Å²) in [5.41, 5.74) is 1.68. The lowest BCUT2D eigenvalue weighted by Crippen LogP contribution is -2.34. The number of nitrogens with zero attached hydrogens (tertiary/aromatic N) is 2. The van der Waals surface area contributed by atoms with Crippen molar-refractivity contribution in [1.29, 1.82) is 0 Å². The third kappa shape index (κ3) is 5.27. The Morgan fingerprint density at radius 2 is 1.72 bits per heavy atom. The minimum Gasteiger partial charge on any atom is -0.495 e. The second kappa shape index (κ2) is 10.6. The highest BCUT2D eigenvalue weighted by Crippen LogP contribution is 2.31. The molecule has 0 spiro atoms. The van der Waals surface area contributed by atoms with Gasteiger partial charge in [0.1, 0.15) is 12.3 Å². The zero-order valence-electron chi connectivity index (χ0n) is 18.4. The lowest BCUT2D eigenvalue weighted by Gasteiger charge is -2.20. The first-order chi connectivity index (χ1) is 15.7. The molecule has 0 atom stereocenters. The Bertz CT molecular complexity index is 1090. The van der Waals surface area contributed by atoms with Gasteiger partial charge in [0.2, 0.25) is 11.8 Å². The molecule has 7 heteroatoms. The van der Waals surface area contributed by atoms with E-state index < -0.39 is 0 Å². The Balaban J connectivity index is 1.45. The number of carbonyl (C=O) groups is 2. The summed E-state index contributed by atoms with van der Waals surface area (Å²) >= 11 is 1.48. The van der Waals surface area contributed by atoms with E-state index in [1.54, 1.807) is 7.11 Å². The van der Waals surface area contributed by atoms with Gasteiger partial charge in [-0.2, -0.15) is 0 Å². The van der Waals surface area contributed by atoms with Crippen LogP contribution in [0.4, 0.5) is 5.69 Å². The molecule has 6 nitrogen and oxygen atoms in total. The molecular weight excluding hydrogens is 422 g/mol. The Hall–Kier alpha value is -2.93. The predicted octanol–water partition coefficient (Wildman–Crippen LogP) is 4.78. The van der Waals surface area contributed by atoms with Crippen molar-refractivity contribution in [3.8, 4) is 5.75 Å². The summed E-state index contributed by atoms with van der Waals surface area (Å²) in [5.74, 6) is 0.969. The number of aromatic nitrogens is 1. The summed E-state index contributed by atoms with van der Waals surface area (Å²) in [6.45, 7) is 2.03. The highest BCUT2D eigenvalue weighted by Gasteiger charge is 2.18. The molecule has 1 aliphatic rings. The Morgan fingerprint density at radius 1 is 1.00 bits per heavy atom. The molecule has 4 rings (SSSR count). The van der Waals surface area contributed by atoms with Crippen LogP contribution in [0.5, 0.6) is 5.75 Å². The van der Waals surface area contributed by atoms with Gasteiger partial charge in [-0.1, -0.05) is 43.2 Å². The molecular formula is C25H29N3O3S. The van der Waals surface area contributed by atoms with Gasteiger partial charge in [0.15, 0.2) is 0 Å². The summed E-state index contributed by atoms with van der Waals surface area (Å²) in [6.07, 6.45) is 6.57. The number of amides is 2. The highest BCUT2D eigenvalue weighted by molar-refractivity contribution is 8.00. The fraction of sp³-hybridized carbons (Fsp3) is 0.360. The van der Waals surface area contributed by atoms with Crippen molar-refractivity contribution < 1.29 is 14.3 Å². The number of rotatable bonds is 7. The van der Waals surface area contributed by atoms with Gasteiger partial charge in [0.25, 0.3) is 0 Å². The zero-order valence-corrected chi connectivity index (χ0v) is 19.2. The van der Waals surface area contributed by atoms with E-state index in [4.69, 9.17) is 4.74 Å². The topological polar surface area (TPSA) is 63.6 Å². The van der Waals surface area contributed by atoms with Crippen molar-refractivity contribution in [2.75, 3.05) is 31.3 Å². The zero-order chi connectivity index (χ0) is 22.3. The second-order valence-electron chi connectivity index (χ2n) is 7.97. The Kier molecular flexibility index (Phi) is 7.37. The van der Waals surface area contributed by atoms with Crippen molar-refractivity contribution in [2.24, 2.45) is 0 Å². The molecule has 2 heterocycles. The molecule has 0 aliphatic carbocycles. The van der Waals surface area contributed by atoms with E-state index >= 15 is 0 Å². The van der Waals surface area contributed by atoms with Crippen LogP contribution in [-0.2, 0) is 16.1 Å². The lowest BCUT2D eigenvalue weighted by molar-refractivity contribution is -0.131. The van der Waals surface area contributed by atoms with E-state index in [2.05, 4.69) is 5.32 Å². The quantitative estimate of drug-likeness (QED) is 0.525. The molecule has 0 unspecified atom stereocenters. The molecule has 1 fully saturated rings. The number of anilines is 1. The normalized spacial score (nSPS) is 14.2. The number of nitrogens with one attached hydrogen (secondary N) is 1. The van der Waals surface area contributed by atoms with Crippen LogP contribution in [0.25, 0.3) is 10.9 Å². The van der Waals surface area contributed by atoms with Gasteiger partial charge in [0, 0.05) is 35.1 Å². The minimum absolute atomic E-state index is 0.100. The van der Waals surface area contributed by atoms with Crippen molar-refractivity contribution in [3.05, 3.63) is 54.7 Å². The van der Waals surface area contributed by atoms with Crippen molar-refractivity contribution in [2.45, 2.75) is 37.1 Å². The van der Waals surface area contributed by atoms with Crippen LogP contribution in [0.1, 0.15) is 25.7 Å². The first-order valence-corrected chi connectivity index (χ1v) is 12.1. The molecule has 2 aromatic carbocycles. The fourth-order valence-electron chi connectivity index (χ4n) is 4.10. The number of ether oxygens (including phenoxy) is 1. The summed E-state index contributed by atoms with van der Waals surface area (Å²) < 4.78 is 7.32. The molecule has 168 valence electrons. The third-order valence-electron chi connectivity index (χ3n) is 5.76. The maximum Gasteiger partial charge on any atom is 0.242 e. The molecule has 0 saturated carbocycles. The van der Waals surface area contributed by atoms with Gasteiger partial charge in [-0.25, -0.2) is 0 Å². The molecule has 1 aliphatic heterocycles. The van der Waals surface area contributed by atoms with Gasteiger partial charge in [-0.15, -0.1) is 11.8 Å². The Morgan fingerprint density at radius 3 is 2.50 bits per heavy atom. The smallest absolute Gasteiger partial charge is 0.242 e. The van der Waals surface area contributed by atoms with Crippen LogP contribution >= 0.6 is 11.8 Å². The fourth-order valence-corrected chi connectivity index (χ4v) is 4.99. The average Bonchev–Trinajstić information content (AvgIpc) is 2.97. The van der Waals surface area contributed by atoms with Crippen LogP contribution in [0.3, 0.4) is 0 Å². The molecule has 3 aromatic rings. The summed E-state index contributed by atoms with van der Waals surface area (Å²) in [7, 11) is 1.58. The number of fused-ring (bicyclic) bond motifs is 1. The van der Waals surface area contributed by atoms with E-state index in [-0.39, 0.29) is 17.6 Å². The van der Waals surface area contributed by atoms with Gasteiger partial charge in [-0.05, 0) is 31.0 Å².